The monoisotopic (exact) mass is 2070 g/mol. The van der Waals surface area contributed by atoms with E-state index in [4.69, 9.17) is 202 Å². The van der Waals surface area contributed by atoms with Crippen molar-refractivity contribution in [3.8, 4) is 102 Å². The summed E-state index contributed by atoms with van der Waals surface area (Å²) in [5.74, 6) is 6.53. The zero-order valence-electron chi connectivity index (χ0n) is 73.9. The Morgan fingerprint density at radius 2 is 0.699 bits per heavy atom. The molecule has 0 fully saturated rings. The average molecular weight is 2070 g/mol. The van der Waals surface area contributed by atoms with Gasteiger partial charge in [0, 0.05) is 170 Å². The Bertz CT molecular complexity index is 6880. The Morgan fingerprint density at radius 3 is 1.10 bits per heavy atom. The van der Waals surface area contributed by atoms with Crippen LogP contribution in [0.1, 0.15) is 123 Å². The standard InChI is InChI=1S/C18H19Cl2N5O.C17H20Cl2N4O.C16H15Cl2N3O.C15H10Cl2N4O.2C15H13Cl2N3O/c1-3-22-9(2)25-7-11-14(8-25)23-18(21)24-16(11)15-10-4-5-26-17(10)13(20)6-12(15)19;1-23(2)6-7-24-15-8-11(12(18)9-13(15)19)16-10-4-3-5-14(10)21-17(20)22-16;17-10-7-11(18)15-9(5-6-22-15)13(10)14-8-3-1-2-4-12(8)20-16(19)21-14;16-8-6-9(17)14-7(3-5-22-14)11(8)13-12-10(2-1-4-19-12)20-15(18)21-13;2*16-9-6-10(17)14-8(4-5-21-14)12(9)13-7-2-1-3-11(7)19-15(18)20-13/h6,22H,2-5,7-8H2,1H3,(H2,21,23,24);8-9H,3-7H2,1-2H3,(H2,20,21,22);7H,1-6H2,(H2,19,20,21);1-2,4,6H,3,5H2,(H2,18,20,21);2*6H,1-5H2,(H2,18,19,20). The molecule has 6 aliphatic heterocycles. The number of nitrogens with one attached hydrogen (secondary N) is 1. The molecule has 136 heavy (non-hydrogen) atoms. The predicted octanol–water partition coefficient (Wildman–Crippen LogP) is 21.1. The number of rotatable bonds is 13. The van der Waals surface area contributed by atoms with Crippen LogP contribution in [0.4, 0.5) is 35.7 Å². The summed E-state index contributed by atoms with van der Waals surface area (Å²) in [6.07, 6.45) is 18.5. The maximum atomic E-state index is 6.57. The minimum Gasteiger partial charge on any atom is -0.491 e. The molecule has 0 atom stereocenters. The summed E-state index contributed by atoms with van der Waals surface area (Å²) in [5.41, 5.74) is 62.1. The van der Waals surface area contributed by atoms with Crippen molar-refractivity contribution in [3.05, 3.63) is 218 Å². The van der Waals surface area contributed by atoms with Crippen molar-refractivity contribution in [1.82, 2.24) is 79.9 Å². The Kier molecular flexibility index (Phi) is 28.9. The van der Waals surface area contributed by atoms with E-state index in [-0.39, 0.29) is 17.8 Å². The fraction of sp³-hybridized carbons (Fsp3) is 0.323. The van der Waals surface area contributed by atoms with Gasteiger partial charge in [0.2, 0.25) is 35.7 Å². The van der Waals surface area contributed by atoms with Crippen molar-refractivity contribution in [2.45, 2.75) is 136 Å². The summed E-state index contributed by atoms with van der Waals surface area (Å²) in [7, 11) is 3.98. The number of hydrogen-bond donors (Lipinski definition) is 7. The van der Waals surface area contributed by atoms with Gasteiger partial charge in [-0.25, -0.2) is 59.8 Å². The lowest BCUT2D eigenvalue weighted by Gasteiger charge is -2.20. The molecule has 0 unspecified atom stereocenters. The molecule has 23 rings (SSSR count). The van der Waals surface area contributed by atoms with Crippen LogP contribution in [0.3, 0.4) is 0 Å². The number of ether oxygens (including phenoxy) is 6. The minimum atomic E-state index is 0.175. The van der Waals surface area contributed by atoms with Crippen molar-refractivity contribution in [2.75, 3.05) is 101 Å². The van der Waals surface area contributed by atoms with Crippen molar-refractivity contribution < 1.29 is 28.4 Å². The van der Waals surface area contributed by atoms with E-state index in [0.717, 1.165) is 286 Å². The van der Waals surface area contributed by atoms with Crippen LogP contribution in [0.2, 0.25) is 60.3 Å². The van der Waals surface area contributed by atoms with Crippen LogP contribution in [-0.4, -0.2) is 141 Å². The second-order valence-electron chi connectivity index (χ2n) is 33.7. The second-order valence-corrected chi connectivity index (χ2v) is 38.6. The SMILES string of the molecule is C=C(NCC)N1Cc2nc(N)nc(-c3c(Cl)cc(Cl)c4c3CCO4)c2C1.CN(C)CCOc1cc(-c2nc(N)nc3c2CCC3)c(Cl)cc1Cl.Nc1nc(-c2c(Cl)cc(Cl)c3c2CCO3)c2ncccc2n1.Nc1nc2c(c(-c3c(Cl)cc(Cl)c4c3CCO4)n1)CCC2.Nc1nc2c(c(-c3c(Cl)cc(Cl)c4c3CCO4)n1)CCC2.Nc1nc2c(c(-c3c(Cl)cc(Cl)c4c3CCO4)n1)CCCC2. The van der Waals surface area contributed by atoms with E-state index in [9.17, 15) is 0 Å². The summed E-state index contributed by atoms with van der Waals surface area (Å²) in [5, 5.41) is 9.77. The molecule has 6 aromatic carbocycles. The molecule has 0 bridgehead atoms. The zero-order valence-corrected chi connectivity index (χ0v) is 83.0. The van der Waals surface area contributed by atoms with Gasteiger partial charge in [-0.1, -0.05) is 146 Å². The van der Waals surface area contributed by atoms with E-state index in [1.54, 1.807) is 48.7 Å². The Morgan fingerprint density at radius 1 is 0.368 bits per heavy atom. The largest absolute Gasteiger partial charge is 0.491 e. The Labute approximate surface area is 843 Å². The lowest BCUT2D eigenvalue weighted by atomic mass is 9.90. The summed E-state index contributed by atoms with van der Waals surface area (Å²) < 4.78 is 34.0. The van der Waals surface area contributed by atoms with Gasteiger partial charge >= 0.3 is 0 Å². The molecular weight excluding hydrogens is 1980 g/mol. The van der Waals surface area contributed by atoms with E-state index in [1.807, 2.05) is 38.1 Å². The maximum Gasteiger partial charge on any atom is 0.221 e. The molecule has 28 nitrogen and oxygen atoms in total. The summed E-state index contributed by atoms with van der Waals surface area (Å²) in [6, 6.07) is 15.7. The number of nitrogens with zero attached hydrogens (tertiary/aromatic N) is 15. The van der Waals surface area contributed by atoms with Gasteiger partial charge in [-0.05, 0) is 159 Å². The van der Waals surface area contributed by atoms with Gasteiger partial charge in [0.25, 0.3) is 0 Å². The number of hydrogen-bond acceptors (Lipinski definition) is 28. The third kappa shape index (κ3) is 19.5. The van der Waals surface area contributed by atoms with E-state index in [2.05, 4.69) is 81.6 Å². The second kappa shape index (κ2) is 40.9. The molecule has 10 aliphatic rings. The molecule has 7 aromatic heterocycles. The number of nitrogens with two attached hydrogens (primary N) is 6. The van der Waals surface area contributed by atoms with Crippen LogP contribution >= 0.6 is 139 Å². The molecule has 0 amide bonds. The molecular formula is C96H90Cl12N22O6. The number of aromatic nitrogens is 13. The van der Waals surface area contributed by atoms with E-state index in [1.165, 1.54) is 5.56 Å². The quantitative estimate of drug-likeness (QED) is 0.0564. The van der Waals surface area contributed by atoms with Crippen molar-refractivity contribution in [1.29, 1.82) is 0 Å². The fourth-order valence-electron chi connectivity index (χ4n) is 18.9. The summed E-state index contributed by atoms with van der Waals surface area (Å²) in [6.45, 7) is 12.5. The van der Waals surface area contributed by atoms with Gasteiger partial charge in [0.1, 0.15) is 52.3 Å². The lowest BCUT2D eigenvalue weighted by molar-refractivity contribution is 0.261. The predicted molar refractivity (Wildman–Crippen MR) is 542 cm³/mol. The normalized spacial score (nSPS) is 14.8. The lowest BCUT2D eigenvalue weighted by Crippen LogP contribution is -2.26. The molecule has 4 aliphatic carbocycles. The first kappa shape index (κ1) is 95.9. The number of halogens is 12. The first-order chi connectivity index (χ1) is 65.5. The molecule has 0 radical (unpaired) electrons. The fourth-order valence-corrected chi connectivity index (χ4v) is 22.7. The average Bonchev–Trinajstić information content (AvgIpc) is 1.69. The van der Waals surface area contributed by atoms with Crippen LogP contribution in [0.5, 0.6) is 34.5 Å². The number of benzene rings is 6. The van der Waals surface area contributed by atoms with Crippen molar-refractivity contribution in [3.63, 3.8) is 0 Å². The Balaban J connectivity index is 0.000000109. The molecule has 13 N–H and O–H groups in total. The highest BCUT2D eigenvalue weighted by molar-refractivity contribution is 6.41. The van der Waals surface area contributed by atoms with Gasteiger partial charge < -0.3 is 77.9 Å². The molecule has 704 valence electrons. The topological polar surface area (TPSA) is 398 Å². The third-order valence-electron chi connectivity index (χ3n) is 24.8. The minimum absolute atomic E-state index is 0.175. The van der Waals surface area contributed by atoms with Crippen molar-refractivity contribution in [2.24, 2.45) is 0 Å². The van der Waals surface area contributed by atoms with Crippen LogP contribution in [-0.2, 0) is 96.6 Å². The molecule has 13 aromatic rings. The molecule has 0 saturated carbocycles. The van der Waals surface area contributed by atoms with Crippen LogP contribution < -0.4 is 68.1 Å². The number of anilines is 6. The van der Waals surface area contributed by atoms with Crippen LogP contribution in [0.25, 0.3) is 78.6 Å². The third-order valence-corrected chi connectivity index (χ3v) is 28.3. The van der Waals surface area contributed by atoms with E-state index in [0.29, 0.717) is 171 Å². The first-order valence-corrected chi connectivity index (χ1v) is 48.9. The van der Waals surface area contributed by atoms with Gasteiger partial charge in [-0.2, -0.15) is 0 Å². The van der Waals surface area contributed by atoms with E-state index < -0.39 is 0 Å². The molecule has 13 heterocycles. The highest BCUT2D eigenvalue weighted by atomic mass is 35.5. The first-order valence-electron chi connectivity index (χ1n) is 44.3. The van der Waals surface area contributed by atoms with E-state index >= 15 is 0 Å². The summed E-state index contributed by atoms with van der Waals surface area (Å²) >= 11 is 76.3. The van der Waals surface area contributed by atoms with Gasteiger partial charge in [-0.3, -0.25) is 4.98 Å². The van der Waals surface area contributed by atoms with Crippen LogP contribution in [0, 0.1) is 0 Å². The zero-order chi connectivity index (χ0) is 95.3. The number of fused-ring (bicyclic) bond motifs is 11. The maximum absolute atomic E-state index is 6.57. The number of likely N-dealkylation sites (N-methyl/N-ethyl adjacent to an activating group) is 1. The van der Waals surface area contributed by atoms with Gasteiger partial charge in [0.15, 0.2) is 0 Å². The smallest absolute Gasteiger partial charge is 0.221 e. The van der Waals surface area contributed by atoms with Crippen LogP contribution in [0.15, 0.2) is 73.2 Å². The molecule has 40 heteroatoms. The van der Waals surface area contributed by atoms with Crippen molar-refractivity contribution >= 4 is 186 Å². The number of nitrogen functional groups attached to an aromatic ring is 6. The highest BCUT2D eigenvalue weighted by Crippen LogP contribution is 2.53. The highest BCUT2D eigenvalue weighted by Gasteiger charge is 2.37. The number of pyridine rings is 1. The van der Waals surface area contributed by atoms with Gasteiger partial charge in [-0.15, -0.1) is 0 Å². The van der Waals surface area contributed by atoms with Gasteiger partial charge in [0.05, 0.1) is 145 Å². The summed E-state index contributed by atoms with van der Waals surface area (Å²) in [4.78, 5) is 61.4. The Hall–Kier alpha value is -10.4. The molecule has 0 saturated heterocycles. The molecule has 0 spiro atoms. The number of aryl methyl sites for hydroxylation is 4.